The van der Waals surface area contributed by atoms with Crippen LogP contribution in [0.15, 0.2) is 24.3 Å². The molecule has 0 aliphatic heterocycles. The normalized spacial score (nSPS) is 14.8. The summed E-state index contributed by atoms with van der Waals surface area (Å²) in [4.78, 5) is 12.4. The number of carbonyl (C=O) groups excluding carboxylic acids is 1. The molecule has 0 saturated carbocycles. The Labute approximate surface area is 115 Å². The zero-order valence-electron chi connectivity index (χ0n) is 12.2. The first-order valence-electron chi connectivity index (χ1n) is 6.54. The number of aliphatic hydroxyl groups is 1. The molecular weight excluding hydrogens is 240 g/mol. The van der Waals surface area contributed by atoms with Crippen molar-refractivity contribution in [3.63, 3.8) is 0 Å². The number of hydrogen-bond acceptors (Lipinski definition) is 3. The van der Waals surface area contributed by atoms with E-state index in [1.54, 1.807) is 12.1 Å². The number of nitrogen functional groups attached to an aromatic ring is 1. The number of aliphatic hydroxyl groups excluding tert-OH is 1. The summed E-state index contributed by atoms with van der Waals surface area (Å²) in [6, 6.07) is 7.29. The number of rotatable bonds is 5. The molecule has 19 heavy (non-hydrogen) atoms. The highest BCUT2D eigenvalue weighted by Crippen LogP contribution is 2.25. The second-order valence-electron chi connectivity index (χ2n) is 5.77. The summed E-state index contributed by atoms with van der Waals surface area (Å²) in [5, 5.41) is 12.3. The smallest absolute Gasteiger partial charge is 0.230 e. The lowest BCUT2D eigenvalue weighted by atomic mass is 9.82. The van der Waals surface area contributed by atoms with E-state index in [1.807, 2.05) is 39.8 Å². The topological polar surface area (TPSA) is 75.3 Å². The number of carbonyl (C=O) groups is 1. The Bertz CT molecular complexity index is 434. The second-order valence-corrected chi connectivity index (χ2v) is 5.77. The SMILES string of the molecule is CCC(C)(CO)NC(=O)C(C)(C)c1ccc(N)cc1. The monoisotopic (exact) mass is 264 g/mol. The van der Waals surface area contributed by atoms with Gasteiger partial charge in [-0.2, -0.15) is 0 Å². The zero-order valence-corrected chi connectivity index (χ0v) is 12.2. The van der Waals surface area contributed by atoms with Gasteiger partial charge in [0.15, 0.2) is 0 Å². The highest BCUT2D eigenvalue weighted by molar-refractivity contribution is 5.88. The van der Waals surface area contributed by atoms with E-state index >= 15 is 0 Å². The van der Waals surface area contributed by atoms with Gasteiger partial charge in [-0.1, -0.05) is 19.1 Å². The van der Waals surface area contributed by atoms with E-state index in [4.69, 9.17) is 5.73 Å². The van der Waals surface area contributed by atoms with Crippen molar-refractivity contribution in [3.8, 4) is 0 Å². The first-order chi connectivity index (χ1) is 8.75. The van der Waals surface area contributed by atoms with Crippen molar-refractivity contribution in [2.75, 3.05) is 12.3 Å². The Hall–Kier alpha value is -1.55. The molecule has 0 radical (unpaired) electrons. The van der Waals surface area contributed by atoms with Crippen LogP contribution in [-0.2, 0) is 10.2 Å². The Kier molecular flexibility index (Phi) is 4.58. The fourth-order valence-corrected chi connectivity index (χ4v) is 1.70. The summed E-state index contributed by atoms with van der Waals surface area (Å²) >= 11 is 0. The van der Waals surface area contributed by atoms with Gasteiger partial charge in [0.2, 0.25) is 5.91 Å². The molecule has 0 aliphatic carbocycles. The van der Waals surface area contributed by atoms with Crippen LogP contribution in [-0.4, -0.2) is 23.2 Å². The lowest BCUT2D eigenvalue weighted by Gasteiger charge is -2.33. The van der Waals surface area contributed by atoms with Gasteiger partial charge in [0.05, 0.1) is 17.6 Å². The molecule has 0 spiro atoms. The number of amides is 1. The van der Waals surface area contributed by atoms with Crippen LogP contribution in [0.2, 0.25) is 0 Å². The molecule has 0 saturated heterocycles. The molecule has 1 rings (SSSR count). The summed E-state index contributed by atoms with van der Waals surface area (Å²) in [6.07, 6.45) is 0.674. The van der Waals surface area contributed by atoms with Crippen molar-refractivity contribution < 1.29 is 9.90 Å². The first-order valence-corrected chi connectivity index (χ1v) is 6.54. The average molecular weight is 264 g/mol. The maximum atomic E-state index is 12.4. The van der Waals surface area contributed by atoms with Crippen molar-refractivity contribution in [1.29, 1.82) is 0 Å². The number of hydrogen-bond donors (Lipinski definition) is 3. The average Bonchev–Trinajstić information content (AvgIpc) is 2.39. The molecule has 0 bridgehead atoms. The molecule has 106 valence electrons. The predicted octanol–water partition coefficient (Wildman–Crippen LogP) is 1.82. The molecule has 4 heteroatoms. The van der Waals surface area contributed by atoms with Crippen LogP contribution in [0.25, 0.3) is 0 Å². The molecule has 1 aromatic carbocycles. The largest absolute Gasteiger partial charge is 0.399 e. The van der Waals surface area contributed by atoms with E-state index in [0.29, 0.717) is 12.1 Å². The van der Waals surface area contributed by atoms with Crippen LogP contribution in [0.3, 0.4) is 0 Å². The predicted molar refractivity (Wildman–Crippen MR) is 77.8 cm³/mol. The minimum atomic E-state index is -0.667. The number of nitrogens with two attached hydrogens (primary N) is 1. The Balaban J connectivity index is 2.94. The van der Waals surface area contributed by atoms with Crippen LogP contribution < -0.4 is 11.1 Å². The van der Waals surface area contributed by atoms with Gasteiger partial charge in [0.25, 0.3) is 0 Å². The third-order valence-electron chi connectivity index (χ3n) is 3.74. The second kappa shape index (κ2) is 5.61. The van der Waals surface area contributed by atoms with Crippen molar-refractivity contribution in [3.05, 3.63) is 29.8 Å². The molecule has 1 amide bonds. The van der Waals surface area contributed by atoms with Crippen molar-refractivity contribution in [2.45, 2.75) is 45.1 Å². The third-order valence-corrected chi connectivity index (χ3v) is 3.74. The van der Waals surface area contributed by atoms with Gasteiger partial charge < -0.3 is 16.2 Å². The number of nitrogens with one attached hydrogen (secondary N) is 1. The summed E-state index contributed by atoms with van der Waals surface area (Å²) in [5.41, 5.74) is 5.98. The molecular formula is C15H24N2O2. The van der Waals surface area contributed by atoms with Gasteiger partial charge in [-0.3, -0.25) is 4.79 Å². The van der Waals surface area contributed by atoms with Gasteiger partial charge >= 0.3 is 0 Å². The fourth-order valence-electron chi connectivity index (χ4n) is 1.70. The van der Waals surface area contributed by atoms with Crippen LogP contribution in [0, 0.1) is 0 Å². The first kappa shape index (κ1) is 15.5. The summed E-state index contributed by atoms with van der Waals surface area (Å²) in [5.74, 6) is -0.101. The van der Waals surface area contributed by atoms with Gasteiger partial charge in [-0.15, -0.1) is 0 Å². The van der Waals surface area contributed by atoms with Crippen molar-refractivity contribution in [2.24, 2.45) is 0 Å². The molecule has 1 aromatic rings. The summed E-state index contributed by atoms with van der Waals surface area (Å²) < 4.78 is 0. The summed E-state index contributed by atoms with van der Waals surface area (Å²) in [7, 11) is 0. The highest BCUT2D eigenvalue weighted by Gasteiger charge is 2.34. The van der Waals surface area contributed by atoms with Crippen molar-refractivity contribution in [1.82, 2.24) is 5.32 Å². The van der Waals surface area contributed by atoms with Crippen LogP contribution >= 0.6 is 0 Å². The molecule has 0 aliphatic rings. The van der Waals surface area contributed by atoms with Gasteiger partial charge in [-0.25, -0.2) is 0 Å². The molecule has 4 N–H and O–H groups in total. The number of anilines is 1. The lowest BCUT2D eigenvalue weighted by molar-refractivity contribution is -0.128. The number of benzene rings is 1. The van der Waals surface area contributed by atoms with Crippen LogP contribution in [0.5, 0.6) is 0 Å². The van der Waals surface area contributed by atoms with Gasteiger partial charge in [0, 0.05) is 5.69 Å². The van der Waals surface area contributed by atoms with Crippen LogP contribution in [0.4, 0.5) is 5.69 Å². The standard InChI is InChI=1S/C15H24N2O2/c1-5-15(4,10-18)17-13(19)14(2,3)11-6-8-12(16)9-7-11/h6-9,18H,5,10,16H2,1-4H3,(H,17,19). The maximum Gasteiger partial charge on any atom is 0.230 e. The molecule has 1 unspecified atom stereocenters. The lowest BCUT2D eigenvalue weighted by Crippen LogP contribution is -2.53. The van der Waals surface area contributed by atoms with Gasteiger partial charge in [-0.05, 0) is 44.9 Å². The fraction of sp³-hybridized carbons (Fsp3) is 0.533. The van der Waals surface area contributed by atoms with E-state index in [9.17, 15) is 9.90 Å². The Morgan fingerprint density at radius 3 is 2.21 bits per heavy atom. The van der Waals surface area contributed by atoms with E-state index in [-0.39, 0.29) is 12.5 Å². The van der Waals surface area contributed by atoms with Crippen LogP contribution in [0.1, 0.15) is 39.7 Å². The van der Waals surface area contributed by atoms with Gasteiger partial charge in [0.1, 0.15) is 0 Å². The van der Waals surface area contributed by atoms with E-state index in [1.165, 1.54) is 0 Å². The van der Waals surface area contributed by atoms with E-state index in [0.717, 1.165) is 5.56 Å². The molecule has 1 atom stereocenters. The van der Waals surface area contributed by atoms with E-state index < -0.39 is 11.0 Å². The Morgan fingerprint density at radius 2 is 1.79 bits per heavy atom. The summed E-state index contributed by atoms with van der Waals surface area (Å²) in [6.45, 7) is 7.42. The maximum absolute atomic E-state index is 12.4. The quantitative estimate of drug-likeness (QED) is 0.710. The minimum absolute atomic E-state index is 0.0763. The molecule has 0 heterocycles. The zero-order chi connectivity index (χ0) is 14.7. The molecule has 4 nitrogen and oxygen atoms in total. The highest BCUT2D eigenvalue weighted by atomic mass is 16.3. The Morgan fingerprint density at radius 1 is 1.26 bits per heavy atom. The molecule has 0 aromatic heterocycles. The third kappa shape index (κ3) is 3.47. The van der Waals surface area contributed by atoms with E-state index in [2.05, 4.69) is 5.32 Å². The minimum Gasteiger partial charge on any atom is -0.399 e. The molecule has 0 fully saturated rings. The van der Waals surface area contributed by atoms with Crippen molar-refractivity contribution >= 4 is 11.6 Å².